The molecule has 0 aliphatic rings. The quantitative estimate of drug-likeness (QED) is 0.828. The molecule has 0 aromatic heterocycles. The summed E-state index contributed by atoms with van der Waals surface area (Å²) in [4.78, 5) is 11.9. The van der Waals surface area contributed by atoms with Crippen LogP contribution in [0, 0.1) is 13.8 Å². The molecule has 0 saturated heterocycles. The van der Waals surface area contributed by atoms with Crippen molar-refractivity contribution in [2.75, 3.05) is 17.7 Å². The molecule has 0 radical (unpaired) electrons. The molecule has 2 aromatic rings. The first-order valence-corrected chi connectivity index (χ1v) is 7.30. The number of carbonyl (C=O) groups is 1. The van der Waals surface area contributed by atoms with Crippen LogP contribution in [0.1, 0.15) is 11.1 Å². The molecule has 0 heterocycles. The van der Waals surface area contributed by atoms with Crippen LogP contribution in [0.2, 0.25) is 0 Å². The molecule has 0 atom stereocenters. The number of nitrogens with one attached hydrogen (secondary N) is 1. The van der Waals surface area contributed by atoms with Gasteiger partial charge in [-0.1, -0.05) is 18.2 Å². The number of halogens is 1. The molecule has 0 aliphatic carbocycles. The Morgan fingerprint density at radius 1 is 1.24 bits per heavy atom. The third-order valence-electron chi connectivity index (χ3n) is 3.07. The van der Waals surface area contributed by atoms with E-state index in [4.69, 9.17) is 10.5 Å². The number of amides is 1. The van der Waals surface area contributed by atoms with Gasteiger partial charge in [-0.15, -0.1) is 0 Å². The first-order valence-electron chi connectivity index (χ1n) is 6.51. The van der Waals surface area contributed by atoms with E-state index in [-0.39, 0.29) is 12.5 Å². The molecule has 21 heavy (non-hydrogen) atoms. The highest BCUT2D eigenvalue weighted by Gasteiger charge is 2.08. The van der Waals surface area contributed by atoms with E-state index in [0.717, 1.165) is 15.6 Å². The van der Waals surface area contributed by atoms with Crippen molar-refractivity contribution < 1.29 is 9.53 Å². The van der Waals surface area contributed by atoms with Crippen molar-refractivity contribution >= 4 is 33.2 Å². The molecule has 3 N–H and O–H groups in total. The van der Waals surface area contributed by atoms with Crippen LogP contribution in [-0.4, -0.2) is 12.5 Å². The summed E-state index contributed by atoms with van der Waals surface area (Å²) < 4.78 is 6.37. The van der Waals surface area contributed by atoms with Gasteiger partial charge in [0.2, 0.25) is 0 Å². The molecule has 0 saturated carbocycles. The number of carbonyl (C=O) groups excluding carboxylic acids is 1. The summed E-state index contributed by atoms with van der Waals surface area (Å²) in [6.45, 7) is 3.80. The molecular formula is C16H17BrN2O2. The third kappa shape index (κ3) is 3.98. The van der Waals surface area contributed by atoms with Crippen molar-refractivity contribution in [2.45, 2.75) is 13.8 Å². The number of benzene rings is 2. The summed E-state index contributed by atoms with van der Waals surface area (Å²) in [5.74, 6) is 0.404. The Labute approximate surface area is 132 Å². The lowest BCUT2D eigenvalue weighted by atomic mass is 10.1. The number of anilines is 2. The third-order valence-corrected chi connectivity index (χ3v) is 3.76. The van der Waals surface area contributed by atoms with Crippen molar-refractivity contribution in [3.63, 3.8) is 0 Å². The fourth-order valence-corrected chi connectivity index (χ4v) is 2.28. The summed E-state index contributed by atoms with van der Waals surface area (Å²) in [6.07, 6.45) is 0. The topological polar surface area (TPSA) is 64.3 Å². The van der Waals surface area contributed by atoms with Gasteiger partial charge in [0.15, 0.2) is 6.61 Å². The average molecular weight is 349 g/mol. The van der Waals surface area contributed by atoms with Crippen molar-refractivity contribution in [3.8, 4) is 5.75 Å². The molecular weight excluding hydrogens is 332 g/mol. The van der Waals surface area contributed by atoms with Gasteiger partial charge in [-0.2, -0.15) is 0 Å². The molecule has 1 amide bonds. The van der Waals surface area contributed by atoms with Crippen LogP contribution in [0.4, 0.5) is 11.4 Å². The molecule has 110 valence electrons. The molecule has 0 fully saturated rings. The minimum Gasteiger partial charge on any atom is -0.483 e. The molecule has 0 bridgehead atoms. The summed E-state index contributed by atoms with van der Waals surface area (Å²) in [7, 11) is 0. The predicted molar refractivity (Wildman–Crippen MR) is 88.6 cm³/mol. The maximum atomic E-state index is 11.9. The van der Waals surface area contributed by atoms with Crippen LogP contribution in [0.25, 0.3) is 0 Å². The van der Waals surface area contributed by atoms with E-state index in [2.05, 4.69) is 21.2 Å². The van der Waals surface area contributed by atoms with Crippen LogP contribution in [0.5, 0.6) is 5.75 Å². The van der Waals surface area contributed by atoms with Gasteiger partial charge in [-0.3, -0.25) is 4.79 Å². The van der Waals surface area contributed by atoms with Crippen LogP contribution >= 0.6 is 15.9 Å². The van der Waals surface area contributed by atoms with E-state index in [0.29, 0.717) is 17.1 Å². The zero-order valence-corrected chi connectivity index (χ0v) is 13.5. The molecule has 2 aromatic carbocycles. The maximum Gasteiger partial charge on any atom is 0.262 e. The van der Waals surface area contributed by atoms with E-state index in [9.17, 15) is 4.79 Å². The predicted octanol–water partition coefficient (Wildman–Crippen LogP) is 3.67. The van der Waals surface area contributed by atoms with Gasteiger partial charge >= 0.3 is 0 Å². The van der Waals surface area contributed by atoms with Gasteiger partial charge in [0, 0.05) is 16.2 Å². The van der Waals surface area contributed by atoms with Crippen molar-refractivity contribution in [1.82, 2.24) is 0 Å². The lowest BCUT2D eigenvalue weighted by Gasteiger charge is -2.12. The molecule has 2 rings (SSSR count). The zero-order valence-electron chi connectivity index (χ0n) is 11.9. The summed E-state index contributed by atoms with van der Waals surface area (Å²) >= 11 is 3.38. The fraction of sp³-hybridized carbons (Fsp3) is 0.188. The fourth-order valence-electron chi connectivity index (χ4n) is 1.90. The van der Waals surface area contributed by atoms with Gasteiger partial charge in [0.1, 0.15) is 5.75 Å². The highest BCUT2D eigenvalue weighted by atomic mass is 79.9. The Morgan fingerprint density at radius 3 is 2.67 bits per heavy atom. The largest absolute Gasteiger partial charge is 0.483 e. The van der Waals surface area contributed by atoms with Crippen LogP contribution < -0.4 is 15.8 Å². The Kier molecular flexibility index (Phi) is 4.85. The van der Waals surface area contributed by atoms with E-state index in [1.807, 2.05) is 44.2 Å². The Balaban J connectivity index is 1.99. The first-order chi connectivity index (χ1) is 9.97. The van der Waals surface area contributed by atoms with Crippen molar-refractivity contribution in [2.24, 2.45) is 0 Å². The number of hydrogen-bond acceptors (Lipinski definition) is 3. The summed E-state index contributed by atoms with van der Waals surface area (Å²) in [5, 5.41) is 2.78. The van der Waals surface area contributed by atoms with Crippen molar-refractivity contribution in [3.05, 3.63) is 52.0 Å². The molecule has 5 heteroatoms. The smallest absolute Gasteiger partial charge is 0.262 e. The molecule has 4 nitrogen and oxygen atoms in total. The maximum absolute atomic E-state index is 11.9. The summed E-state index contributed by atoms with van der Waals surface area (Å²) in [5.41, 5.74) is 9.17. The minimum absolute atomic E-state index is 0.0648. The monoisotopic (exact) mass is 348 g/mol. The standard InChI is InChI=1S/C16H17BrN2O2/c1-10-7-11(2)15(8-13(10)18)21-9-16(20)19-14-6-4-3-5-12(14)17/h3-8H,9,18H2,1-2H3,(H,19,20). The lowest BCUT2D eigenvalue weighted by molar-refractivity contribution is -0.118. The normalized spacial score (nSPS) is 10.2. The second-order valence-corrected chi connectivity index (χ2v) is 5.65. The van der Waals surface area contributed by atoms with E-state index >= 15 is 0 Å². The summed E-state index contributed by atoms with van der Waals surface area (Å²) in [6, 6.07) is 11.1. The average Bonchev–Trinajstić information content (AvgIpc) is 2.44. The minimum atomic E-state index is -0.222. The van der Waals surface area contributed by atoms with Gasteiger partial charge in [-0.25, -0.2) is 0 Å². The molecule has 0 aliphatic heterocycles. The number of aryl methyl sites for hydroxylation is 2. The Bertz CT molecular complexity index is 671. The van der Waals surface area contributed by atoms with E-state index < -0.39 is 0 Å². The highest BCUT2D eigenvalue weighted by Crippen LogP contribution is 2.25. The van der Waals surface area contributed by atoms with Crippen LogP contribution in [-0.2, 0) is 4.79 Å². The Morgan fingerprint density at radius 2 is 1.95 bits per heavy atom. The number of hydrogen-bond donors (Lipinski definition) is 2. The lowest BCUT2D eigenvalue weighted by Crippen LogP contribution is -2.20. The van der Waals surface area contributed by atoms with Crippen molar-refractivity contribution in [1.29, 1.82) is 0 Å². The number of rotatable bonds is 4. The van der Waals surface area contributed by atoms with Crippen LogP contribution in [0.15, 0.2) is 40.9 Å². The number of nitrogens with two attached hydrogens (primary N) is 1. The SMILES string of the molecule is Cc1cc(C)c(OCC(=O)Nc2ccccc2Br)cc1N. The second kappa shape index (κ2) is 6.63. The number of ether oxygens (including phenoxy) is 1. The molecule has 0 spiro atoms. The number of para-hydroxylation sites is 1. The van der Waals surface area contributed by atoms with Gasteiger partial charge in [0.05, 0.1) is 5.69 Å². The first kappa shape index (κ1) is 15.4. The highest BCUT2D eigenvalue weighted by molar-refractivity contribution is 9.10. The molecule has 0 unspecified atom stereocenters. The van der Waals surface area contributed by atoms with E-state index in [1.54, 1.807) is 6.07 Å². The van der Waals surface area contributed by atoms with Gasteiger partial charge in [-0.05, 0) is 53.0 Å². The second-order valence-electron chi connectivity index (χ2n) is 4.79. The zero-order chi connectivity index (χ0) is 15.4. The van der Waals surface area contributed by atoms with Gasteiger partial charge in [0.25, 0.3) is 5.91 Å². The Hall–Kier alpha value is -2.01. The van der Waals surface area contributed by atoms with Gasteiger partial charge < -0.3 is 15.8 Å². The van der Waals surface area contributed by atoms with Crippen LogP contribution in [0.3, 0.4) is 0 Å². The number of nitrogen functional groups attached to an aromatic ring is 1. The van der Waals surface area contributed by atoms with E-state index in [1.165, 1.54) is 0 Å².